The van der Waals surface area contributed by atoms with Crippen molar-refractivity contribution in [2.24, 2.45) is 0 Å². The van der Waals surface area contributed by atoms with Gasteiger partial charge in [0.1, 0.15) is 5.82 Å². The third kappa shape index (κ3) is 1.36. The maximum atomic E-state index is 12.8. The topological polar surface area (TPSA) is 4.36 Å². The summed E-state index contributed by atoms with van der Waals surface area (Å²) < 4.78 is 12.8. The normalized spacial score (nSPS) is 8.27. The summed E-state index contributed by atoms with van der Waals surface area (Å²) in [6, 6.07) is 4.04. The molecule has 0 amide bonds. The van der Waals surface area contributed by atoms with Gasteiger partial charge in [-0.2, -0.15) is 0 Å². The molecular weight excluding hydrogens is 141 g/mol. The Hall–Kier alpha value is -1.80. The summed E-state index contributed by atoms with van der Waals surface area (Å²) in [7, 11) is 0. The SMILES string of the molecule is [C-]#[N+]c1ccc(C#C)c(F)c1. The smallest absolute Gasteiger partial charge is 0.190 e. The van der Waals surface area contributed by atoms with E-state index in [9.17, 15) is 4.39 Å². The van der Waals surface area contributed by atoms with Crippen molar-refractivity contribution in [3.8, 4) is 12.3 Å². The third-order valence-electron chi connectivity index (χ3n) is 1.24. The zero-order valence-electron chi connectivity index (χ0n) is 5.63. The first-order chi connectivity index (χ1) is 5.27. The summed E-state index contributed by atoms with van der Waals surface area (Å²) in [5.74, 6) is 1.66. The summed E-state index contributed by atoms with van der Waals surface area (Å²) in [6.45, 7) is 6.57. The highest BCUT2D eigenvalue weighted by Crippen LogP contribution is 2.15. The fraction of sp³-hybridized carbons (Fsp3) is 0. The first kappa shape index (κ1) is 7.31. The van der Waals surface area contributed by atoms with E-state index < -0.39 is 5.82 Å². The molecule has 0 radical (unpaired) electrons. The lowest BCUT2D eigenvalue weighted by atomic mass is 10.2. The number of terminal acetylenes is 1. The molecule has 0 saturated heterocycles. The maximum Gasteiger partial charge on any atom is 0.190 e. The minimum absolute atomic E-state index is 0.192. The molecule has 0 bridgehead atoms. The molecule has 1 rings (SSSR count). The van der Waals surface area contributed by atoms with Gasteiger partial charge in [-0.25, -0.2) is 9.24 Å². The van der Waals surface area contributed by atoms with Crippen molar-refractivity contribution < 1.29 is 4.39 Å². The standard InChI is InChI=1S/C9H4FN/c1-3-7-4-5-8(11-2)6-9(7)10/h1,4-6H. The van der Waals surface area contributed by atoms with Gasteiger partial charge < -0.3 is 0 Å². The van der Waals surface area contributed by atoms with E-state index in [1.807, 2.05) is 0 Å². The van der Waals surface area contributed by atoms with Crippen LogP contribution < -0.4 is 0 Å². The molecule has 52 valence electrons. The van der Waals surface area contributed by atoms with Gasteiger partial charge >= 0.3 is 0 Å². The van der Waals surface area contributed by atoms with Crippen molar-refractivity contribution in [1.82, 2.24) is 0 Å². The van der Waals surface area contributed by atoms with E-state index in [0.29, 0.717) is 0 Å². The molecule has 0 spiro atoms. The predicted molar refractivity (Wildman–Crippen MR) is 40.6 cm³/mol. The monoisotopic (exact) mass is 145 g/mol. The molecule has 1 aromatic rings. The van der Waals surface area contributed by atoms with E-state index in [2.05, 4.69) is 10.8 Å². The first-order valence-electron chi connectivity index (χ1n) is 2.91. The Bertz CT molecular complexity index is 355. The molecule has 0 heterocycles. The molecule has 0 aromatic heterocycles. The van der Waals surface area contributed by atoms with Crippen LogP contribution in [0.1, 0.15) is 5.56 Å². The Labute approximate surface area is 64.3 Å². The average molecular weight is 145 g/mol. The Morgan fingerprint density at radius 3 is 2.73 bits per heavy atom. The highest BCUT2D eigenvalue weighted by atomic mass is 19.1. The van der Waals surface area contributed by atoms with Gasteiger partial charge in [0.15, 0.2) is 5.69 Å². The molecule has 2 heteroatoms. The van der Waals surface area contributed by atoms with Gasteiger partial charge in [-0.1, -0.05) is 18.1 Å². The lowest BCUT2D eigenvalue weighted by molar-refractivity contribution is 0.625. The van der Waals surface area contributed by atoms with Crippen LogP contribution in [0.25, 0.3) is 4.85 Å². The van der Waals surface area contributed by atoms with Gasteiger partial charge in [0, 0.05) is 0 Å². The lowest BCUT2D eigenvalue weighted by Crippen LogP contribution is -1.79. The molecular formula is C9H4FN. The molecule has 0 aliphatic rings. The predicted octanol–water partition coefficient (Wildman–Crippen LogP) is 2.36. The van der Waals surface area contributed by atoms with E-state index in [1.54, 1.807) is 0 Å². The molecule has 0 aliphatic carbocycles. The zero-order chi connectivity index (χ0) is 8.27. The van der Waals surface area contributed by atoms with Crippen LogP contribution in [0.5, 0.6) is 0 Å². The highest BCUT2D eigenvalue weighted by Gasteiger charge is 1.98. The number of hydrogen-bond donors (Lipinski definition) is 0. The summed E-state index contributed by atoms with van der Waals surface area (Å²) >= 11 is 0. The van der Waals surface area contributed by atoms with Crippen LogP contribution in [-0.4, -0.2) is 0 Å². The van der Waals surface area contributed by atoms with Gasteiger partial charge in [-0.05, 0) is 6.07 Å². The molecule has 0 fully saturated rings. The molecule has 1 nitrogen and oxygen atoms in total. The number of hydrogen-bond acceptors (Lipinski definition) is 0. The number of nitrogens with zero attached hydrogens (tertiary/aromatic N) is 1. The zero-order valence-corrected chi connectivity index (χ0v) is 5.63. The van der Waals surface area contributed by atoms with E-state index in [4.69, 9.17) is 13.0 Å². The largest absolute Gasteiger partial charge is 0.238 e. The molecule has 0 N–H and O–H groups in total. The number of benzene rings is 1. The van der Waals surface area contributed by atoms with Gasteiger partial charge in [0.05, 0.1) is 12.1 Å². The Balaban J connectivity index is 3.25. The summed E-state index contributed by atoms with van der Waals surface area (Å²) in [6.07, 6.45) is 4.97. The van der Waals surface area contributed by atoms with Crippen molar-refractivity contribution in [3.05, 3.63) is 41.0 Å². The van der Waals surface area contributed by atoms with Crippen LogP contribution in [0.3, 0.4) is 0 Å². The maximum absolute atomic E-state index is 12.8. The second-order valence-electron chi connectivity index (χ2n) is 1.92. The van der Waals surface area contributed by atoms with E-state index in [-0.39, 0.29) is 11.3 Å². The quantitative estimate of drug-likeness (QED) is 0.390. The van der Waals surface area contributed by atoms with Crippen LogP contribution in [0.15, 0.2) is 18.2 Å². The van der Waals surface area contributed by atoms with Crippen molar-refractivity contribution >= 4 is 5.69 Å². The van der Waals surface area contributed by atoms with Crippen molar-refractivity contribution in [3.63, 3.8) is 0 Å². The van der Waals surface area contributed by atoms with Crippen LogP contribution in [-0.2, 0) is 0 Å². The van der Waals surface area contributed by atoms with Gasteiger partial charge in [-0.3, -0.25) is 0 Å². The van der Waals surface area contributed by atoms with Crippen molar-refractivity contribution in [1.29, 1.82) is 0 Å². The highest BCUT2D eigenvalue weighted by molar-refractivity contribution is 5.49. The van der Waals surface area contributed by atoms with Crippen molar-refractivity contribution in [2.75, 3.05) is 0 Å². The summed E-state index contributed by atoms with van der Waals surface area (Å²) in [4.78, 5) is 3.05. The van der Waals surface area contributed by atoms with E-state index in [1.165, 1.54) is 12.1 Å². The van der Waals surface area contributed by atoms with Crippen LogP contribution in [0.4, 0.5) is 10.1 Å². The minimum Gasteiger partial charge on any atom is -0.238 e. The Morgan fingerprint density at radius 1 is 1.55 bits per heavy atom. The third-order valence-corrected chi connectivity index (χ3v) is 1.24. The second-order valence-corrected chi connectivity index (χ2v) is 1.92. The van der Waals surface area contributed by atoms with Crippen LogP contribution >= 0.6 is 0 Å². The molecule has 0 atom stereocenters. The van der Waals surface area contributed by atoms with E-state index >= 15 is 0 Å². The molecule has 1 aromatic carbocycles. The van der Waals surface area contributed by atoms with Crippen LogP contribution in [0, 0.1) is 24.7 Å². The molecule has 0 saturated carbocycles. The fourth-order valence-corrected chi connectivity index (χ4v) is 0.691. The lowest BCUT2D eigenvalue weighted by Gasteiger charge is -1.93. The van der Waals surface area contributed by atoms with Gasteiger partial charge in [-0.15, -0.1) is 6.42 Å². The molecule has 0 aliphatic heterocycles. The molecule has 0 unspecified atom stereocenters. The summed E-state index contributed by atoms with van der Waals surface area (Å²) in [5.41, 5.74) is 0.457. The molecule has 11 heavy (non-hydrogen) atoms. The average Bonchev–Trinajstić information content (AvgIpc) is 2.04. The number of rotatable bonds is 0. The van der Waals surface area contributed by atoms with Crippen LogP contribution in [0.2, 0.25) is 0 Å². The second kappa shape index (κ2) is 2.86. The Morgan fingerprint density at radius 2 is 2.27 bits per heavy atom. The van der Waals surface area contributed by atoms with Gasteiger partial charge in [0.2, 0.25) is 0 Å². The fourth-order valence-electron chi connectivity index (χ4n) is 0.691. The summed E-state index contributed by atoms with van der Waals surface area (Å²) in [5, 5.41) is 0. The number of halogens is 1. The van der Waals surface area contributed by atoms with E-state index in [0.717, 1.165) is 6.07 Å². The van der Waals surface area contributed by atoms with Gasteiger partial charge in [0.25, 0.3) is 0 Å². The first-order valence-corrected chi connectivity index (χ1v) is 2.91. The minimum atomic E-state index is -0.513. The van der Waals surface area contributed by atoms with Crippen molar-refractivity contribution in [2.45, 2.75) is 0 Å². The Kier molecular flexibility index (Phi) is 1.90.